The predicted molar refractivity (Wildman–Crippen MR) is 118 cm³/mol. The molecule has 0 spiro atoms. The molecule has 0 heterocycles. The van der Waals surface area contributed by atoms with Gasteiger partial charge in [-0.2, -0.15) is 0 Å². The van der Waals surface area contributed by atoms with Crippen molar-refractivity contribution in [2.24, 2.45) is 0 Å². The van der Waals surface area contributed by atoms with Crippen LogP contribution in [0.15, 0.2) is 0 Å². The summed E-state index contributed by atoms with van der Waals surface area (Å²) in [5.41, 5.74) is 0. The van der Waals surface area contributed by atoms with Gasteiger partial charge in [0.15, 0.2) is 0 Å². The molecule has 1 atom stereocenters. The molecular formula is C24H47NO3. The molecule has 0 rings (SSSR count). The minimum Gasteiger partial charge on any atom is -0.464 e. The Labute approximate surface area is 174 Å². The van der Waals surface area contributed by atoms with Gasteiger partial charge >= 0.3 is 5.97 Å². The Balaban J connectivity index is 3.34. The molecule has 0 fully saturated rings. The third-order valence-electron chi connectivity index (χ3n) is 5.23. The third kappa shape index (κ3) is 18.3. The fourth-order valence-corrected chi connectivity index (χ4v) is 3.30. The second-order valence-electron chi connectivity index (χ2n) is 8.16. The molecule has 0 bridgehead atoms. The molecule has 0 aromatic rings. The normalized spacial score (nSPS) is 12.0. The molecule has 0 aliphatic heterocycles. The van der Waals surface area contributed by atoms with Gasteiger partial charge in [0.1, 0.15) is 6.04 Å². The van der Waals surface area contributed by atoms with Gasteiger partial charge in [0, 0.05) is 6.42 Å². The van der Waals surface area contributed by atoms with Gasteiger partial charge in [0.2, 0.25) is 5.91 Å². The van der Waals surface area contributed by atoms with Gasteiger partial charge in [-0.3, -0.25) is 4.79 Å². The van der Waals surface area contributed by atoms with Crippen molar-refractivity contribution in [1.29, 1.82) is 0 Å². The Bertz CT molecular complexity index is 371. The quantitative estimate of drug-likeness (QED) is 0.183. The van der Waals surface area contributed by atoms with Crippen LogP contribution < -0.4 is 5.32 Å². The van der Waals surface area contributed by atoms with Crippen molar-refractivity contribution in [3.63, 3.8) is 0 Å². The highest BCUT2D eigenvalue weighted by Gasteiger charge is 2.16. The number of carbonyl (C=O) groups is 2. The highest BCUT2D eigenvalue weighted by atomic mass is 16.5. The van der Waals surface area contributed by atoms with Gasteiger partial charge in [0.25, 0.3) is 0 Å². The molecule has 4 heteroatoms. The van der Waals surface area contributed by atoms with Crippen molar-refractivity contribution < 1.29 is 14.3 Å². The molecule has 0 aliphatic carbocycles. The number of hydrogen-bond acceptors (Lipinski definition) is 3. The van der Waals surface area contributed by atoms with Gasteiger partial charge in [0.05, 0.1) is 6.61 Å². The molecule has 0 saturated carbocycles. The topological polar surface area (TPSA) is 55.4 Å². The van der Waals surface area contributed by atoms with Gasteiger partial charge in [-0.15, -0.1) is 0 Å². The monoisotopic (exact) mass is 397 g/mol. The van der Waals surface area contributed by atoms with E-state index >= 15 is 0 Å². The number of hydrogen-bond donors (Lipinski definition) is 1. The van der Waals surface area contributed by atoms with E-state index in [-0.39, 0.29) is 11.9 Å². The zero-order valence-electron chi connectivity index (χ0n) is 19.0. The molecule has 166 valence electrons. The van der Waals surface area contributed by atoms with Crippen LogP contribution in [0, 0.1) is 0 Å². The Morgan fingerprint density at radius 1 is 0.679 bits per heavy atom. The summed E-state index contributed by atoms with van der Waals surface area (Å²) < 4.78 is 5.26. The van der Waals surface area contributed by atoms with Crippen molar-refractivity contribution in [2.45, 2.75) is 136 Å². The van der Waals surface area contributed by atoms with E-state index in [2.05, 4.69) is 12.2 Å². The SMILES string of the molecule is CCCCCCCCCCCCCCCCOC(=O)[C@H](C)NC(=O)CCCC. The fourth-order valence-electron chi connectivity index (χ4n) is 3.30. The summed E-state index contributed by atoms with van der Waals surface area (Å²) in [5, 5.41) is 2.70. The van der Waals surface area contributed by atoms with Crippen LogP contribution in [0.2, 0.25) is 0 Å². The number of amides is 1. The van der Waals surface area contributed by atoms with Gasteiger partial charge in [-0.05, 0) is 19.8 Å². The Morgan fingerprint density at radius 2 is 1.11 bits per heavy atom. The molecule has 1 amide bonds. The Kier molecular flexibility index (Phi) is 19.9. The van der Waals surface area contributed by atoms with E-state index in [9.17, 15) is 9.59 Å². The lowest BCUT2D eigenvalue weighted by Gasteiger charge is -2.13. The van der Waals surface area contributed by atoms with Crippen LogP contribution in [-0.4, -0.2) is 24.5 Å². The van der Waals surface area contributed by atoms with Crippen molar-refractivity contribution >= 4 is 11.9 Å². The van der Waals surface area contributed by atoms with E-state index < -0.39 is 6.04 Å². The predicted octanol–water partition coefficient (Wildman–Crippen LogP) is 6.71. The standard InChI is InChI=1S/C24H47NO3/c1-4-6-8-9-10-11-12-13-14-15-16-17-18-19-21-28-24(27)22(3)25-23(26)20-7-5-2/h22H,4-21H2,1-3H3,(H,25,26)/t22-/m0/s1. The van der Waals surface area contributed by atoms with E-state index in [1.54, 1.807) is 6.92 Å². The molecule has 0 aromatic carbocycles. The van der Waals surface area contributed by atoms with Crippen LogP contribution in [0.5, 0.6) is 0 Å². The van der Waals surface area contributed by atoms with Crippen LogP contribution in [-0.2, 0) is 14.3 Å². The third-order valence-corrected chi connectivity index (χ3v) is 5.23. The molecule has 28 heavy (non-hydrogen) atoms. The number of unbranched alkanes of at least 4 members (excludes halogenated alkanes) is 14. The summed E-state index contributed by atoms with van der Waals surface area (Å²) in [5.74, 6) is -0.387. The number of ether oxygens (including phenoxy) is 1. The summed E-state index contributed by atoms with van der Waals surface area (Å²) >= 11 is 0. The Morgan fingerprint density at radius 3 is 1.57 bits per heavy atom. The maximum absolute atomic E-state index is 11.8. The number of carbonyl (C=O) groups excluding carboxylic acids is 2. The molecule has 4 nitrogen and oxygen atoms in total. The molecule has 0 unspecified atom stereocenters. The molecule has 0 aliphatic rings. The van der Waals surface area contributed by atoms with Crippen LogP contribution in [0.1, 0.15) is 130 Å². The second-order valence-corrected chi connectivity index (χ2v) is 8.16. The maximum atomic E-state index is 11.8. The summed E-state index contributed by atoms with van der Waals surface area (Å²) in [6.45, 7) is 6.47. The fraction of sp³-hybridized carbons (Fsp3) is 0.917. The summed E-state index contributed by atoms with van der Waals surface area (Å²) in [6.07, 6.45) is 20.7. The van der Waals surface area contributed by atoms with Gasteiger partial charge in [-0.1, -0.05) is 104 Å². The number of esters is 1. The molecule has 0 radical (unpaired) electrons. The van der Waals surface area contributed by atoms with E-state index in [0.717, 1.165) is 25.7 Å². The van der Waals surface area contributed by atoms with Crippen LogP contribution in [0.25, 0.3) is 0 Å². The summed E-state index contributed by atoms with van der Waals surface area (Å²) in [6, 6.07) is -0.545. The average Bonchev–Trinajstić information content (AvgIpc) is 2.69. The van der Waals surface area contributed by atoms with E-state index in [0.29, 0.717) is 13.0 Å². The van der Waals surface area contributed by atoms with Crippen LogP contribution in [0.4, 0.5) is 0 Å². The minimum absolute atomic E-state index is 0.0669. The molecule has 0 saturated heterocycles. The van der Waals surface area contributed by atoms with E-state index in [1.165, 1.54) is 77.0 Å². The van der Waals surface area contributed by atoms with Gasteiger partial charge in [-0.25, -0.2) is 4.79 Å². The van der Waals surface area contributed by atoms with Crippen LogP contribution in [0.3, 0.4) is 0 Å². The van der Waals surface area contributed by atoms with Crippen molar-refractivity contribution in [3.8, 4) is 0 Å². The summed E-state index contributed by atoms with van der Waals surface area (Å²) in [7, 11) is 0. The van der Waals surface area contributed by atoms with Gasteiger partial charge < -0.3 is 10.1 Å². The smallest absolute Gasteiger partial charge is 0.328 e. The first-order valence-electron chi connectivity index (χ1n) is 12.1. The summed E-state index contributed by atoms with van der Waals surface area (Å²) in [4.78, 5) is 23.5. The number of rotatable bonds is 20. The lowest BCUT2D eigenvalue weighted by molar-refractivity contribution is -0.147. The van der Waals surface area contributed by atoms with Crippen molar-refractivity contribution in [2.75, 3.05) is 6.61 Å². The maximum Gasteiger partial charge on any atom is 0.328 e. The minimum atomic E-state index is -0.545. The molecule has 0 aromatic heterocycles. The molecular weight excluding hydrogens is 350 g/mol. The van der Waals surface area contributed by atoms with E-state index in [4.69, 9.17) is 4.74 Å². The highest BCUT2D eigenvalue weighted by molar-refractivity contribution is 5.84. The van der Waals surface area contributed by atoms with Crippen molar-refractivity contribution in [1.82, 2.24) is 5.32 Å². The Hall–Kier alpha value is -1.06. The first-order valence-corrected chi connectivity index (χ1v) is 12.1. The second kappa shape index (κ2) is 20.7. The zero-order chi connectivity index (χ0) is 20.9. The first-order chi connectivity index (χ1) is 13.6. The molecule has 1 N–H and O–H groups in total. The number of nitrogens with one attached hydrogen (secondary N) is 1. The van der Waals surface area contributed by atoms with E-state index in [1.807, 2.05) is 6.92 Å². The zero-order valence-corrected chi connectivity index (χ0v) is 19.0. The van der Waals surface area contributed by atoms with Crippen LogP contribution >= 0.6 is 0 Å². The lowest BCUT2D eigenvalue weighted by atomic mass is 10.0. The highest BCUT2D eigenvalue weighted by Crippen LogP contribution is 2.13. The lowest BCUT2D eigenvalue weighted by Crippen LogP contribution is -2.39. The average molecular weight is 398 g/mol. The largest absolute Gasteiger partial charge is 0.464 e. The first kappa shape index (κ1) is 26.9. The van der Waals surface area contributed by atoms with Crippen molar-refractivity contribution in [3.05, 3.63) is 0 Å².